The summed E-state index contributed by atoms with van der Waals surface area (Å²) in [6.45, 7) is 14.8. The summed E-state index contributed by atoms with van der Waals surface area (Å²) in [5.74, 6) is 4.77. The Morgan fingerprint density at radius 1 is 1.00 bits per heavy atom. The number of hydrogen-bond acceptors (Lipinski definition) is 0. The Morgan fingerprint density at radius 3 is 2.15 bits per heavy atom. The molecule has 1 aromatic rings. The Labute approximate surface area is 170 Å². The Morgan fingerprint density at radius 2 is 1.63 bits per heavy atom. The fraction of sp³-hybridized carbons (Fsp3) is 0.630. The van der Waals surface area contributed by atoms with Gasteiger partial charge in [0.1, 0.15) is 0 Å². The minimum atomic E-state index is 0.938. The van der Waals surface area contributed by atoms with Crippen LogP contribution in [0.25, 0.3) is 5.57 Å². The van der Waals surface area contributed by atoms with Crippen LogP contribution in [0.15, 0.2) is 29.8 Å². The van der Waals surface area contributed by atoms with Crippen LogP contribution in [0.2, 0.25) is 0 Å². The van der Waals surface area contributed by atoms with Gasteiger partial charge >= 0.3 is 0 Å². The normalized spacial score (nSPS) is 19.5. The van der Waals surface area contributed by atoms with Gasteiger partial charge in [-0.2, -0.15) is 0 Å². The topological polar surface area (TPSA) is 0 Å². The molecular weight excluding hydrogens is 324 g/mol. The van der Waals surface area contributed by atoms with Crippen LogP contribution >= 0.6 is 0 Å². The highest BCUT2D eigenvalue weighted by Gasteiger charge is 2.17. The zero-order valence-electron chi connectivity index (χ0n) is 19.2. The molecule has 0 amide bonds. The third-order valence-corrected chi connectivity index (χ3v) is 5.50. The van der Waals surface area contributed by atoms with E-state index in [0.717, 1.165) is 30.3 Å². The summed E-state index contributed by atoms with van der Waals surface area (Å²) in [6, 6.07) is 9.08. The molecule has 0 aromatic heterocycles. The number of hydrogen-bond donors (Lipinski definition) is 0. The van der Waals surface area contributed by atoms with E-state index in [9.17, 15) is 0 Å². The van der Waals surface area contributed by atoms with Gasteiger partial charge in [-0.3, -0.25) is 0 Å². The first kappa shape index (κ1) is 25.5. The first-order chi connectivity index (χ1) is 13.2. The van der Waals surface area contributed by atoms with Crippen LogP contribution in [-0.2, 0) is 6.42 Å². The largest absolute Gasteiger partial charge is 0.115 e. The van der Waals surface area contributed by atoms with Gasteiger partial charge in [-0.05, 0) is 54.2 Å². The van der Waals surface area contributed by atoms with Crippen molar-refractivity contribution in [1.29, 1.82) is 0 Å². The number of benzene rings is 1. The van der Waals surface area contributed by atoms with Crippen molar-refractivity contribution in [2.45, 2.75) is 99.8 Å². The monoisotopic (exact) mass is 368 g/mol. The van der Waals surface area contributed by atoms with Crippen molar-refractivity contribution in [3.05, 3.63) is 41.0 Å². The Kier molecular flexibility index (Phi) is 14.7. The molecule has 0 heterocycles. The van der Waals surface area contributed by atoms with E-state index < -0.39 is 0 Å². The average Bonchev–Trinajstić information content (AvgIpc) is 2.74. The molecule has 0 atom stereocenters. The van der Waals surface area contributed by atoms with E-state index in [2.05, 4.69) is 51.0 Å². The summed E-state index contributed by atoms with van der Waals surface area (Å²) < 4.78 is 0. The maximum atomic E-state index is 5.69. The molecule has 0 unspecified atom stereocenters. The van der Waals surface area contributed by atoms with Crippen molar-refractivity contribution in [2.24, 2.45) is 11.8 Å². The van der Waals surface area contributed by atoms with Crippen LogP contribution < -0.4 is 0 Å². The second-order valence-corrected chi connectivity index (χ2v) is 7.17. The molecule has 0 saturated heterocycles. The molecule has 0 heteroatoms. The van der Waals surface area contributed by atoms with Crippen molar-refractivity contribution in [1.82, 2.24) is 0 Å². The van der Waals surface area contributed by atoms with Crippen LogP contribution in [0.5, 0.6) is 0 Å². The molecule has 0 aliphatic heterocycles. The number of terminal acetylenes is 1. The molecule has 27 heavy (non-hydrogen) atoms. The van der Waals surface area contributed by atoms with Crippen LogP contribution in [0.4, 0.5) is 0 Å². The summed E-state index contributed by atoms with van der Waals surface area (Å²) in [6.07, 6.45) is 15.9. The van der Waals surface area contributed by atoms with Gasteiger partial charge in [0.15, 0.2) is 0 Å². The van der Waals surface area contributed by atoms with Crippen LogP contribution in [0, 0.1) is 24.2 Å². The molecule has 0 radical (unpaired) electrons. The van der Waals surface area contributed by atoms with Crippen LogP contribution in [0.3, 0.4) is 0 Å². The molecular formula is C27H44. The molecule has 2 rings (SSSR count). The molecule has 152 valence electrons. The van der Waals surface area contributed by atoms with E-state index in [0.29, 0.717) is 0 Å². The van der Waals surface area contributed by atoms with Gasteiger partial charge in [-0.1, -0.05) is 104 Å². The Bertz CT molecular complexity index is 562. The van der Waals surface area contributed by atoms with Crippen molar-refractivity contribution in [3.8, 4) is 12.3 Å². The molecule has 1 aliphatic rings. The lowest BCUT2D eigenvalue weighted by Crippen LogP contribution is -2.12. The molecule has 0 bridgehead atoms. The fourth-order valence-corrected chi connectivity index (χ4v) is 3.90. The van der Waals surface area contributed by atoms with E-state index >= 15 is 0 Å². The molecule has 1 fully saturated rings. The van der Waals surface area contributed by atoms with Crippen LogP contribution in [0.1, 0.15) is 105 Å². The maximum Gasteiger partial charge on any atom is 0.00527 e. The average molecular weight is 369 g/mol. The Hall–Kier alpha value is -1.48. The minimum Gasteiger partial charge on any atom is -0.115 e. The second kappa shape index (κ2) is 15.6. The molecule has 1 aromatic carbocycles. The van der Waals surface area contributed by atoms with Gasteiger partial charge in [0.2, 0.25) is 0 Å². The minimum absolute atomic E-state index is 0.938. The van der Waals surface area contributed by atoms with Gasteiger partial charge in [-0.15, -0.1) is 6.42 Å². The third-order valence-electron chi connectivity index (χ3n) is 5.50. The molecule has 0 nitrogen and oxygen atoms in total. The Balaban J connectivity index is 0.00000158. The lowest BCUT2D eigenvalue weighted by molar-refractivity contribution is 0.278. The predicted octanol–water partition coefficient (Wildman–Crippen LogP) is 8.70. The fourth-order valence-electron chi connectivity index (χ4n) is 3.90. The van der Waals surface area contributed by atoms with Gasteiger partial charge in [0.05, 0.1) is 0 Å². The highest BCUT2D eigenvalue weighted by Crippen LogP contribution is 2.31. The van der Waals surface area contributed by atoms with E-state index in [1.807, 2.05) is 27.7 Å². The highest BCUT2D eigenvalue weighted by molar-refractivity contribution is 5.72. The first-order valence-corrected chi connectivity index (χ1v) is 11.5. The van der Waals surface area contributed by atoms with Crippen LogP contribution in [-0.4, -0.2) is 0 Å². The maximum absolute atomic E-state index is 5.69. The SMILES string of the molecule is C#C/C(CC)=C(/CC)c1cccc(CCC2CCC(C)CC2)c1.CC.CC. The van der Waals surface area contributed by atoms with E-state index in [1.54, 1.807) is 0 Å². The zero-order chi connectivity index (χ0) is 20.7. The summed E-state index contributed by atoms with van der Waals surface area (Å²) in [4.78, 5) is 0. The number of aryl methyl sites for hydroxylation is 1. The molecule has 1 saturated carbocycles. The van der Waals surface area contributed by atoms with Gasteiger partial charge in [0, 0.05) is 5.57 Å². The van der Waals surface area contributed by atoms with E-state index in [1.165, 1.54) is 55.2 Å². The summed E-state index contributed by atoms with van der Waals surface area (Å²) in [5, 5.41) is 0. The molecule has 1 aliphatic carbocycles. The summed E-state index contributed by atoms with van der Waals surface area (Å²) >= 11 is 0. The lowest BCUT2D eigenvalue weighted by atomic mass is 9.80. The standard InChI is InChI=1S/C23H32.2C2H6/c1-5-21(6-2)23(7-3)22-10-8-9-20(17-22)16-15-19-13-11-18(4)12-14-19;2*1-2/h1,8-10,17-19H,6-7,11-16H2,2-4H3;2*1-2H3/b23-21+;;. The second-order valence-electron chi connectivity index (χ2n) is 7.17. The third kappa shape index (κ3) is 8.83. The first-order valence-electron chi connectivity index (χ1n) is 11.5. The number of allylic oxidation sites excluding steroid dienone is 2. The van der Waals surface area contributed by atoms with Gasteiger partial charge in [0.25, 0.3) is 0 Å². The quantitative estimate of drug-likeness (QED) is 0.440. The van der Waals surface area contributed by atoms with Crippen molar-refractivity contribution >= 4 is 5.57 Å². The van der Waals surface area contributed by atoms with Crippen molar-refractivity contribution in [3.63, 3.8) is 0 Å². The smallest absolute Gasteiger partial charge is 0.00527 e. The van der Waals surface area contributed by atoms with E-state index in [-0.39, 0.29) is 0 Å². The molecule has 0 N–H and O–H groups in total. The highest BCUT2D eigenvalue weighted by atomic mass is 14.2. The van der Waals surface area contributed by atoms with Gasteiger partial charge < -0.3 is 0 Å². The summed E-state index contributed by atoms with van der Waals surface area (Å²) in [7, 11) is 0. The zero-order valence-corrected chi connectivity index (χ0v) is 19.2. The molecule has 0 spiro atoms. The lowest BCUT2D eigenvalue weighted by Gasteiger charge is -2.26. The predicted molar refractivity (Wildman–Crippen MR) is 125 cm³/mol. The summed E-state index contributed by atoms with van der Waals surface area (Å²) in [5.41, 5.74) is 5.31. The van der Waals surface area contributed by atoms with E-state index in [4.69, 9.17) is 6.42 Å². The van der Waals surface area contributed by atoms with Crippen molar-refractivity contribution in [2.75, 3.05) is 0 Å². The van der Waals surface area contributed by atoms with Crippen molar-refractivity contribution < 1.29 is 0 Å². The number of rotatable bonds is 6. The van der Waals surface area contributed by atoms with Gasteiger partial charge in [-0.25, -0.2) is 0 Å².